The predicted molar refractivity (Wildman–Crippen MR) is 71.0 cm³/mol. The summed E-state index contributed by atoms with van der Waals surface area (Å²) in [6.45, 7) is 6.09. The smallest absolute Gasteiger partial charge is 0.0616 e. The molecule has 3 N–H and O–H groups in total. The van der Waals surface area contributed by atoms with Gasteiger partial charge in [0.1, 0.15) is 0 Å². The van der Waals surface area contributed by atoms with E-state index in [0.29, 0.717) is 18.1 Å². The summed E-state index contributed by atoms with van der Waals surface area (Å²) in [6.07, 6.45) is 7.94. The van der Waals surface area contributed by atoms with Gasteiger partial charge in [0.05, 0.1) is 6.10 Å². The average molecular weight is 240 g/mol. The van der Waals surface area contributed by atoms with Gasteiger partial charge in [-0.05, 0) is 31.6 Å². The molecule has 1 saturated carbocycles. The Morgan fingerprint density at radius 3 is 2.65 bits per heavy atom. The summed E-state index contributed by atoms with van der Waals surface area (Å²) in [5.41, 5.74) is 6.20. The van der Waals surface area contributed by atoms with Gasteiger partial charge in [0.2, 0.25) is 0 Å². The van der Waals surface area contributed by atoms with Crippen LogP contribution in [-0.2, 0) is 4.74 Å². The monoisotopic (exact) mass is 240 g/mol. The number of nitrogens with two attached hydrogens (primary N) is 1. The highest BCUT2D eigenvalue weighted by molar-refractivity contribution is 4.97. The topological polar surface area (TPSA) is 47.3 Å². The molecule has 1 heterocycles. The van der Waals surface area contributed by atoms with E-state index in [1.165, 1.54) is 25.7 Å². The maximum atomic E-state index is 6.06. The Balaban J connectivity index is 1.96. The highest BCUT2D eigenvalue weighted by Gasteiger charge is 2.38. The minimum Gasteiger partial charge on any atom is -0.378 e. The summed E-state index contributed by atoms with van der Waals surface area (Å²) in [4.78, 5) is 0. The van der Waals surface area contributed by atoms with Gasteiger partial charge in [-0.2, -0.15) is 0 Å². The molecule has 17 heavy (non-hydrogen) atoms. The molecular formula is C14H28N2O. The molecule has 2 atom stereocenters. The highest BCUT2D eigenvalue weighted by atomic mass is 16.5. The summed E-state index contributed by atoms with van der Waals surface area (Å²) >= 11 is 0. The van der Waals surface area contributed by atoms with Crippen molar-refractivity contribution in [1.82, 2.24) is 5.32 Å². The Bertz CT molecular complexity index is 234. The van der Waals surface area contributed by atoms with Gasteiger partial charge in [-0.25, -0.2) is 0 Å². The third-order valence-electron chi connectivity index (χ3n) is 4.50. The van der Waals surface area contributed by atoms with Crippen molar-refractivity contribution in [3.05, 3.63) is 0 Å². The molecule has 2 fully saturated rings. The predicted octanol–water partition coefficient (Wildman–Crippen LogP) is 2.05. The number of ether oxygens (including phenoxy) is 1. The summed E-state index contributed by atoms with van der Waals surface area (Å²) in [5, 5.41) is 3.86. The fraction of sp³-hybridized carbons (Fsp3) is 1.00. The van der Waals surface area contributed by atoms with Crippen LogP contribution in [0.25, 0.3) is 0 Å². The van der Waals surface area contributed by atoms with Crippen molar-refractivity contribution in [3.63, 3.8) is 0 Å². The van der Waals surface area contributed by atoms with Crippen LogP contribution in [0.15, 0.2) is 0 Å². The molecule has 3 nitrogen and oxygen atoms in total. The van der Waals surface area contributed by atoms with E-state index in [4.69, 9.17) is 10.5 Å². The lowest BCUT2D eigenvalue weighted by molar-refractivity contribution is -0.0517. The van der Waals surface area contributed by atoms with Crippen LogP contribution >= 0.6 is 0 Å². The molecule has 2 rings (SSSR count). The molecule has 0 aromatic heterocycles. The van der Waals surface area contributed by atoms with Gasteiger partial charge < -0.3 is 15.8 Å². The van der Waals surface area contributed by atoms with Gasteiger partial charge in [-0.3, -0.25) is 0 Å². The van der Waals surface area contributed by atoms with Crippen LogP contribution in [0.3, 0.4) is 0 Å². The lowest BCUT2D eigenvalue weighted by atomic mass is 9.82. The van der Waals surface area contributed by atoms with E-state index in [0.717, 1.165) is 26.0 Å². The Morgan fingerprint density at radius 2 is 2.06 bits per heavy atom. The lowest BCUT2D eigenvalue weighted by Crippen LogP contribution is -2.59. The largest absolute Gasteiger partial charge is 0.378 e. The molecule has 0 spiro atoms. The Morgan fingerprint density at radius 1 is 1.35 bits per heavy atom. The SMILES string of the molecule is CC(C)C1CC(CN)(NC2CCCC2)CCO1. The first-order chi connectivity index (χ1) is 8.15. The highest BCUT2D eigenvalue weighted by Crippen LogP contribution is 2.30. The van der Waals surface area contributed by atoms with E-state index < -0.39 is 0 Å². The third-order valence-corrected chi connectivity index (χ3v) is 4.50. The van der Waals surface area contributed by atoms with Crippen molar-refractivity contribution in [2.45, 2.75) is 70.1 Å². The van der Waals surface area contributed by atoms with Crippen molar-refractivity contribution in [2.24, 2.45) is 11.7 Å². The van der Waals surface area contributed by atoms with E-state index in [1.807, 2.05) is 0 Å². The second-order valence-corrected chi connectivity index (χ2v) is 6.22. The number of hydrogen-bond acceptors (Lipinski definition) is 3. The van der Waals surface area contributed by atoms with Crippen molar-refractivity contribution in [1.29, 1.82) is 0 Å². The molecule has 100 valence electrons. The quantitative estimate of drug-likeness (QED) is 0.790. The standard InChI is InChI=1S/C14H28N2O/c1-11(2)13-9-14(10-15,7-8-17-13)16-12-5-3-4-6-12/h11-13,16H,3-10,15H2,1-2H3. The van der Waals surface area contributed by atoms with Gasteiger partial charge in [0.15, 0.2) is 0 Å². The van der Waals surface area contributed by atoms with Gasteiger partial charge in [0.25, 0.3) is 0 Å². The Kier molecular flexibility index (Phi) is 4.45. The average Bonchev–Trinajstić information content (AvgIpc) is 2.82. The fourth-order valence-electron chi connectivity index (χ4n) is 3.26. The van der Waals surface area contributed by atoms with Crippen molar-refractivity contribution in [3.8, 4) is 0 Å². The normalized spacial score (nSPS) is 35.6. The van der Waals surface area contributed by atoms with E-state index in [1.54, 1.807) is 0 Å². The minimum atomic E-state index is 0.141. The van der Waals surface area contributed by atoms with Crippen LogP contribution in [-0.4, -0.2) is 30.8 Å². The second kappa shape index (κ2) is 5.68. The number of hydrogen-bond donors (Lipinski definition) is 2. The molecule has 2 unspecified atom stereocenters. The molecule has 0 radical (unpaired) electrons. The Labute approximate surface area is 105 Å². The molecule has 0 aromatic carbocycles. The van der Waals surface area contributed by atoms with Crippen LogP contribution in [0.1, 0.15) is 52.4 Å². The van der Waals surface area contributed by atoms with Gasteiger partial charge in [-0.15, -0.1) is 0 Å². The zero-order chi connectivity index (χ0) is 12.3. The molecule has 1 saturated heterocycles. The minimum absolute atomic E-state index is 0.141. The molecule has 3 heteroatoms. The van der Waals surface area contributed by atoms with Crippen molar-refractivity contribution < 1.29 is 4.74 Å². The summed E-state index contributed by atoms with van der Waals surface area (Å²) < 4.78 is 5.87. The van der Waals surface area contributed by atoms with Crippen LogP contribution in [0, 0.1) is 5.92 Å². The van der Waals surface area contributed by atoms with Gasteiger partial charge in [0, 0.05) is 24.7 Å². The Hall–Kier alpha value is -0.120. The first kappa shape index (κ1) is 13.3. The van der Waals surface area contributed by atoms with Gasteiger partial charge >= 0.3 is 0 Å². The second-order valence-electron chi connectivity index (χ2n) is 6.22. The molecule has 0 amide bonds. The maximum Gasteiger partial charge on any atom is 0.0616 e. The maximum absolute atomic E-state index is 6.06. The number of nitrogens with one attached hydrogen (secondary N) is 1. The van der Waals surface area contributed by atoms with Crippen LogP contribution in [0.2, 0.25) is 0 Å². The zero-order valence-corrected chi connectivity index (χ0v) is 11.4. The van der Waals surface area contributed by atoms with Crippen molar-refractivity contribution >= 4 is 0 Å². The van der Waals surface area contributed by atoms with E-state index in [2.05, 4.69) is 19.2 Å². The lowest BCUT2D eigenvalue weighted by Gasteiger charge is -2.44. The molecule has 0 aromatic rings. The van der Waals surface area contributed by atoms with Crippen LogP contribution in [0.5, 0.6) is 0 Å². The fourth-order valence-corrected chi connectivity index (χ4v) is 3.26. The van der Waals surface area contributed by atoms with E-state index in [-0.39, 0.29) is 5.54 Å². The summed E-state index contributed by atoms with van der Waals surface area (Å²) in [5.74, 6) is 0.589. The summed E-state index contributed by atoms with van der Waals surface area (Å²) in [7, 11) is 0. The van der Waals surface area contributed by atoms with E-state index >= 15 is 0 Å². The first-order valence-electron chi connectivity index (χ1n) is 7.24. The first-order valence-corrected chi connectivity index (χ1v) is 7.24. The summed E-state index contributed by atoms with van der Waals surface area (Å²) in [6, 6.07) is 0.699. The zero-order valence-electron chi connectivity index (χ0n) is 11.4. The number of rotatable bonds is 4. The van der Waals surface area contributed by atoms with Gasteiger partial charge in [-0.1, -0.05) is 26.7 Å². The molecule has 2 aliphatic rings. The molecule has 1 aliphatic carbocycles. The molecular weight excluding hydrogens is 212 g/mol. The molecule has 1 aliphatic heterocycles. The van der Waals surface area contributed by atoms with Crippen LogP contribution < -0.4 is 11.1 Å². The van der Waals surface area contributed by atoms with E-state index in [9.17, 15) is 0 Å². The third kappa shape index (κ3) is 3.21. The van der Waals surface area contributed by atoms with Crippen LogP contribution in [0.4, 0.5) is 0 Å². The van der Waals surface area contributed by atoms with Crippen molar-refractivity contribution in [2.75, 3.05) is 13.2 Å². The molecule has 0 bridgehead atoms.